The lowest BCUT2D eigenvalue weighted by atomic mass is 10.7. The van der Waals surface area contributed by atoms with Crippen LogP contribution in [0.1, 0.15) is 0 Å². The highest BCUT2D eigenvalue weighted by Gasteiger charge is 2.31. The molecule has 1 aromatic rings. The van der Waals surface area contributed by atoms with E-state index in [4.69, 9.17) is 0 Å². The van der Waals surface area contributed by atoms with Gasteiger partial charge in [0, 0.05) is 0 Å². The topological polar surface area (TPSA) is 37.9 Å². The predicted molar refractivity (Wildman–Crippen MR) is 24.1 cm³/mol. The van der Waals surface area contributed by atoms with Crippen LogP contribution in [-0.4, -0.2) is 16.6 Å². The first kappa shape index (κ1) is 6.91. The summed E-state index contributed by atoms with van der Waals surface area (Å²) in [5, 5.41) is 5.15. The Morgan fingerprint density at radius 1 is 1.60 bits per heavy atom. The van der Waals surface area contributed by atoms with Crippen molar-refractivity contribution < 1.29 is 17.9 Å². The van der Waals surface area contributed by atoms with Crippen molar-refractivity contribution >= 4 is 0 Å². The van der Waals surface area contributed by atoms with E-state index >= 15 is 0 Å². The third-order valence-electron chi connectivity index (χ3n) is 0.644. The molecule has 55 valence electrons. The summed E-state index contributed by atoms with van der Waals surface area (Å²) in [6.07, 6.45) is -3.63. The lowest BCUT2D eigenvalue weighted by Crippen LogP contribution is -2.17. The molecule has 0 atom stereocenters. The molecule has 1 N–H and O–H groups in total. The van der Waals surface area contributed by atoms with Crippen LogP contribution in [0.2, 0.25) is 0 Å². The summed E-state index contributed by atoms with van der Waals surface area (Å²) in [6, 6.07) is 2.08. The molecule has 0 aliphatic rings. The fourth-order valence-corrected chi connectivity index (χ4v) is 0.382. The van der Waals surface area contributed by atoms with Crippen molar-refractivity contribution in [1.82, 2.24) is 10.2 Å². The van der Waals surface area contributed by atoms with E-state index in [-0.39, 0.29) is 0 Å². The lowest BCUT2D eigenvalue weighted by Gasteiger charge is -2.03. The zero-order valence-electron chi connectivity index (χ0n) is 4.57. The SMILES string of the molecule is FC(F)(F)Oc1[c]cn[nH]1. The van der Waals surface area contributed by atoms with Gasteiger partial charge in [0.2, 0.25) is 5.88 Å². The van der Waals surface area contributed by atoms with Crippen molar-refractivity contribution in [2.75, 3.05) is 0 Å². The highest BCUT2D eigenvalue weighted by molar-refractivity contribution is 5.01. The van der Waals surface area contributed by atoms with E-state index in [2.05, 4.69) is 15.9 Å². The van der Waals surface area contributed by atoms with Gasteiger partial charge in [-0.2, -0.15) is 5.10 Å². The lowest BCUT2D eigenvalue weighted by molar-refractivity contribution is -0.276. The van der Waals surface area contributed by atoms with Gasteiger partial charge in [0.25, 0.3) is 0 Å². The molecule has 10 heavy (non-hydrogen) atoms. The van der Waals surface area contributed by atoms with Crippen molar-refractivity contribution in [3.63, 3.8) is 0 Å². The molecule has 1 heterocycles. The van der Waals surface area contributed by atoms with Gasteiger partial charge in [-0.3, -0.25) is 0 Å². The fraction of sp³-hybridized carbons (Fsp3) is 0.250. The Kier molecular flexibility index (Phi) is 1.52. The smallest absolute Gasteiger partial charge is 0.388 e. The van der Waals surface area contributed by atoms with Crippen molar-refractivity contribution in [2.24, 2.45) is 0 Å². The highest BCUT2D eigenvalue weighted by atomic mass is 19.4. The summed E-state index contributed by atoms with van der Waals surface area (Å²) < 4.78 is 37.4. The Balaban J connectivity index is 2.57. The fourth-order valence-electron chi connectivity index (χ4n) is 0.382. The Morgan fingerprint density at radius 2 is 2.30 bits per heavy atom. The van der Waals surface area contributed by atoms with E-state index < -0.39 is 12.2 Å². The van der Waals surface area contributed by atoms with E-state index in [1.165, 1.54) is 0 Å². The quantitative estimate of drug-likeness (QED) is 0.652. The van der Waals surface area contributed by atoms with Crippen molar-refractivity contribution in [1.29, 1.82) is 0 Å². The molecule has 0 saturated heterocycles. The number of nitrogens with one attached hydrogen (secondary N) is 1. The summed E-state index contributed by atoms with van der Waals surface area (Å²) in [4.78, 5) is 0. The van der Waals surface area contributed by atoms with Crippen LogP contribution in [0.3, 0.4) is 0 Å². The largest absolute Gasteiger partial charge is 0.574 e. The summed E-state index contributed by atoms with van der Waals surface area (Å²) >= 11 is 0. The molecule has 0 spiro atoms. The van der Waals surface area contributed by atoms with Crippen LogP contribution in [0, 0.1) is 6.07 Å². The van der Waals surface area contributed by atoms with Gasteiger partial charge in [-0.1, -0.05) is 0 Å². The minimum absolute atomic E-state index is 0.535. The summed E-state index contributed by atoms with van der Waals surface area (Å²) in [5.74, 6) is -0.535. The average Bonchev–Trinajstić information content (AvgIpc) is 2.12. The van der Waals surface area contributed by atoms with Crippen LogP contribution in [-0.2, 0) is 0 Å². The molecule has 0 aromatic carbocycles. The number of halogens is 3. The van der Waals surface area contributed by atoms with Gasteiger partial charge in [-0.15, -0.1) is 13.2 Å². The molecule has 1 aromatic heterocycles. The maximum Gasteiger partial charge on any atom is 0.574 e. The third kappa shape index (κ3) is 1.96. The zero-order valence-corrected chi connectivity index (χ0v) is 4.57. The molecule has 0 unspecified atom stereocenters. The minimum atomic E-state index is -4.68. The second kappa shape index (κ2) is 2.20. The maximum absolute atomic E-state index is 11.3. The minimum Gasteiger partial charge on any atom is -0.388 e. The van der Waals surface area contributed by atoms with Gasteiger partial charge >= 0.3 is 6.36 Å². The van der Waals surface area contributed by atoms with Crippen LogP contribution >= 0.6 is 0 Å². The van der Waals surface area contributed by atoms with Gasteiger partial charge in [0.05, 0.1) is 12.3 Å². The van der Waals surface area contributed by atoms with Crippen molar-refractivity contribution in [3.8, 4) is 5.88 Å². The zero-order chi connectivity index (χ0) is 7.61. The van der Waals surface area contributed by atoms with Crippen LogP contribution < -0.4 is 4.74 Å². The van der Waals surface area contributed by atoms with Gasteiger partial charge in [0.1, 0.15) is 0 Å². The number of rotatable bonds is 1. The van der Waals surface area contributed by atoms with Gasteiger partial charge < -0.3 is 4.74 Å². The number of H-pyrrole nitrogens is 1. The van der Waals surface area contributed by atoms with E-state index in [1.807, 2.05) is 5.10 Å². The molecular weight excluding hydrogens is 149 g/mol. The Morgan fingerprint density at radius 3 is 2.70 bits per heavy atom. The van der Waals surface area contributed by atoms with Crippen LogP contribution in [0.15, 0.2) is 6.20 Å². The van der Waals surface area contributed by atoms with Crippen LogP contribution in [0.25, 0.3) is 0 Å². The molecule has 0 aliphatic carbocycles. The third-order valence-corrected chi connectivity index (χ3v) is 0.644. The number of aromatic amines is 1. The number of nitrogens with zero attached hydrogens (tertiary/aromatic N) is 1. The van der Waals surface area contributed by atoms with Gasteiger partial charge in [0.15, 0.2) is 0 Å². The summed E-state index contributed by atoms with van der Waals surface area (Å²) in [5.41, 5.74) is 0. The van der Waals surface area contributed by atoms with E-state index in [1.54, 1.807) is 0 Å². The Bertz CT molecular complexity index is 193. The number of ether oxygens (including phenoxy) is 1. The first-order valence-corrected chi connectivity index (χ1v) is 2.25. The maximum atomic E-state index is 11.3. The average molecular weight is 151 g/mol. The molecule has 0 amide bonds. The molecule has 3 nitrogen and oxygen atoms in total. The number of hydrogen-bond acceptors (Lipinski definition) is 2. The number of aromatic nitrogens is 2. The molecule has 0 fully saturated rings. The van der Waals surface area contributed by atoms with Crippen molar-refractivity contribution in [3.05, 3.63) is 12.3 Å². The first-order chi connectivity index (χ1) is 4.58. The molecule has 0 bridgehead atoms. The summed E-state index contributed by atoms with van der Waals surface area (Å²) in [7, 11) is 0. The molecule has 0 aliphatic heterocycles. The normalized spacial score (nSPS) is 11.5. The van der Waals surface area contributed by atoms with E-state index in [9.17, 15) is 13.2 Å². The highest BCUT2D eigenvalue weighted by Crippen LogP contribution is 2.18. The second-order valence-corrected chi connectivity index (χ2v) is 1.39. The Labute approximate surface area is 53.8 Å². The molecular formula is C4H2F3N2O. The van der Waals surface area contributed by atoms with E-state index in [0.717, 1.165) is 6.20 Å². The van der Waals surface area contributed by atoms with Gasteiger partial charge in [-0.05, 0) is 0 Å². The van der Waals surface area contributed by atoms with Crippen LogP contribution in [0.4, 0.5) is 13.2 Å². The molecule has 1 radical (unpaired) electrons. The van der Waals surface area contributed by atoms with Gasteiger partial charge in [-0.25, -0.2) is 5.10 Å². The predicted octanol–water partition coefficient (Wildman–Crippen LogP) is 1.11. The number of hydrogen-bond donors (Lipinski definition) is 1. The number of alkyl halides is 3. The second-order valence-electron chi connectivity index (χ2n) is 1.39. The Hall–Kier alpha value is -1.20. The molecule has 1 rings (SSSR count). The monoisotopic (exact) mass is 151 g/mol. The van der Waals surface area contributed by atoms with Crippen LogP contribution in [0.5, 0.6) is 5.88 Å². The summed E-state index contributed by atoms with van der Waals surface area (Å²) in [6.45, 7) is 0. The van der Waals surface area contributed by atoms with Crippen molar-refractivity contribution in [2.45, 2.75) is 6.36 Å². The first-order valence-electron chi connectivity index (χ1n) is 2.25. The molecule has 6 heteroatoms. The van der Waals surface area contributed by atoms with E-state index in [0.29, 0.717) is 0 Å². The molecule has 0 saturated carbocycles. The standard InChI is InChI=1S/C4H2F3N2O/c5-4(6,7)10-3-1-2-8-9-3/h2H,(H,8,9).